The van der Waals surface area contributed by atoms with E-state index in [1.807, 2.05) is 6.92 Å². The minimum Gasteiger partial charge on any atom is -0.466 e. The number of rotatable bonds is 0. The number of esters is 2. The summed E-state index contributed by atoms with van der Waals surface area (Å²) in [5.74, 6) is -0.290. The topological polar surface area (TPSA) is 52.6 Å². The lowest BCUT2D eigenvalue weighted by Crippen LogP contribution is -2.15. The normalized spacial score (nSPS) is 25.4. The fourth-order valence-corrected chi connectivity index (χ4v) is 2.20. The molecule has 4 heteroatoms. The van der Waals surface area contributed by atoms with Gasteiger partial charge in [0.05, 0.1) is 12.7 Å². The molecule has 110 valence electrons. The molecule has 1 aliphatic heterocycles. The quantitative estimate of drug-likeness (QED) is 0.633. The van der Waals surface area contributed by atoms with E-state index in [1.54, 1.807) is 0 Å². The van der Waals surface area contributed by atoms with Gasteiger partial charge in [0.15, 0.2) is 0 Å². The van der Waals surface area contributed by atoms with Crippen LogP contribution in [0.1, 0.15) is 71.1 Å². The van der Waals surface area contributed by atoms with E-state index in [-0.39, 0.29) is 18.0 Å². The number of cyclic esters (lactones) is 2. The van der Waals surface area contributed by atoms with Gasteiger partial charge < -0.3 is 9.47 Å². The van der Waals surface area contributed by atoms with Gasteiger partial charge in [0.1, 0.15) is 0 Å². The Morgan fingerprint density at radius 3 is 2.26 bits per heavy atom. The van der Waals surface area contributed by atoms with Crippen LogP contribution in [0.4, 0.5) is 0 Å². The maximum Gasteiger partial charge on any atom is 0.306 e. The highest BCUT2D eigenvalue weighted by molar-refractivity contribution is 5.70. The van der Waals surface area contributed by atoms with Crippen molar-refractivity contribution in [2.24, 2.45) is 0 Å². The summed E-state index contributed by atoms with van der Waals surface area (Å²) in [7, 11) is 0. The molecular weight excluding hydrogens is 244 g/mol. The average Bonchev–Trinajstić information content (AvgIpc) is 2.36. The molecule has 0 aromatic heterocycles. The molecule has 0 aliphatic carbocycles. The smallest absolute Gasteiger partial charge is 0.306 e. The first-order chi connectivity index (χ1) is 9.18. The summed E-state index contributed by atoms with van der Waals surface area (Å²) >= 11 is 0. The third kappa shape index (κ3) is 8.62. The van der Waals surface area contributed by atoms with Crippen molar-refractivity contribution in [2.45, 2.75) is 77.2 Å². The van der Waals surface area contributed by atoms with Crippen LogP contribution >= 0.6 is 0 Å². The lowest BCUT2D eigenvalue weighted by atomic mass is 10.1. The van der Waals surface area contributed by atoms with Gasteiger partial charge in [0, 0.05) is 12.8 Å². The van der Waals surface area contributed by atoms with E-state index in [1.165, 1.54) is 0 Å². The van der Waals surface area contributed by atoms with Crippen LogP contribution in [-0.2, 0) is 19.1 Å². The van der Waals surface area contributed by atoms with Crippen LogP contribution in [0.5, 0.6) is 0 Å². The molecule has 19 heavy (non-hydrogen) atoms. The number of hydrogen-bond acceptors (Lipinski definition) is 4. The molecular formula is C15H26O4. The molecule has 4 nitrogen and oxygen atoms in total. The van der Waals surface area contributed by atoms with E-state index in [9.17, 15) is 9.59 Å². The molecule has 0 radical (unpaired) electrons. The molecule has 1 heterocycles. The highest BCUT2D eigenvalue weighted by Gasteiger charge is 2.10. The molecule has 0 spiro atoms. The van der Waals surface area contributed by atoms with Gasteiger partial charge in [-0.1, -0.05) is 19.3 Å². The molecule has 1 unspecified atom stereocenters. The molecule has 1 atom stereocenters. The van der Waals surface area contributed by atoms with Crippen molar-refractivity contribution in [2.75, 3.05) is 6.61 Å². The zero-order valence-corrected chi connectivity index (χ0v) is 12.0. The van der Waals surface area contributed by atoms with Crippen LogP contribution in [0, 0.1) is 0 Å². The van der Waals surface area contributed by atoms with Gasteiger partial charge in [0.25, 0.3) is 0 Å². The van der Waals surface area contributed by atoms with Gasteiger partial charge in [-0.25, -0.2) is 0 Å². The maximum atomic E-state index is 11.5. The minimum absolute atomic E-state index is 0.0189. The lowest BCUT2D eigenvalue weighted by molar-refractivity contribution is -0.149. The molecule has 0 aromatic carbocycles. The van der Waals surface area contributed by atoms with E-state index in [2.05, 4.69) is 0 Å². The lowest BCUT2D eigenvalue weighted by Gasteiger charge is -2.13. The fraction of sp³-hybridized carbons (Fsp3) is 0.867. The van der Waals surface area contributed by atoms with Crippen molar-refractivity contribution in [3.63, 3.8) is 0 Å². The van der Waals surface area contributed by atoms with Crippen LogP contribution in [0.25, 0.3) is 0 Å². The molecule has 0 saturated carbocycles. The molecule has 1 saturated heterocycles. The van der Waals surface area contributed by atoms with E-state index < -0.39 is 0 Å². The van der Waals surface area contributed by atoms with Crippen LogP contribution in [0.15, 0.2) is 0 Å². The van der Waals surface area contributed by atoms with Crippen LogP contribution in [0.3, 0.4) is 0 Å². The first-order valence-corrected chi connectivity index (χ1v) is 7.53. The molecule has 0 N–H and O–H groups in total. The first-order valence-electron chi connectivity index (χ1n) is 7.53. The summed E-state index contributed by atoms with van der Waals surface area (Å²) in [5, 5.41) is 0. The van der Waals surface area contributed by atoms with Gasteiger partial charge in [-0.3, -0.25) is 9.59 Å². The second kappa shape index (κ2) is 9.82. The van der Waals surface area contributed by atoms with E-state index >= 15 is 0 Å². The Bertz CT molecular complexity index is 275. The Balaban J connectivity index is 2.31. The number of ether oxygens (including phenoxy) is 2. The third-order valence-electron chi connectivity index (χ3n) is 3.36. The third-order valence-corrected chi connectivity index (χ3v) is 3.36. The summed E-state index contributed by atoms with van der Waals surface area (Å²) in [6.07, 6.45) is 8.61. The largest absolute Gasteiger partial charge is 0.466 e. The predicted molar refractivity (Wildman–Crippen MR) is 72.7 cm³/mol. The molecule has 0 aromatic rings. The Kier molecular flexibility index (Phi) is 8.26. The predicted octanol–water partition coefficient (Wildman–Crippen LogP) is 3.38. The summed E-state index contributed by atoms with van der Waals surface area (Å²) < 4.78 is 10.5. The highest BCUT2D eigenvalue weighted by atomic mass is 16.5. The second-order valence-corrected chi connectivity index (χ2v) is 5.28. The van der Waals surface area contributed by atoms with E-state index in [0.29, 0.717) is 32.3 Å². The highest BCUT2D eigenvalue weighted by Crippen LogP contribution is 2.12. The van der Waals surface area contributed by atoms with Gasteiger partial charge in [-0.05, 0) is 39.0 Å². The fourth-order valence-electron chi connectivity index (χ4n) is 2.20. The van der Waals surface area contributed by atoms with Crippen molar-refractivity contribution in [1.29, 1.82) is 0 Å². The monoisotopic (exact) mass is 270 g/mol. The van der Waals surface area contributed by atoms with Crippen molar-refractivity contribution in [3.05, 3.63) is 0 Å². The second-order valence-electron chi connectivity index (χ2n) is 5.28. The molecule has 0 amide bonds. The number of carbonyl (C=O) groups excluding carboxylic acids is 2. The Hall–Kier alpha value is -1.06. The summed E-state index contributed by atoms with van der Waals surface area (Å²) in [4.78, 5) is 22.9. The molecule has 1 aliphatic rings. The molecule has 1 rings (SSSR count). The number of carbonyl (C=O) groups is 2. The standard InChI is InChI=1S/C15H26O4/c1-13-9-5-3-2-4-8-12-18-14(16)10-6-7-11-15(17)19-13/h13H,2-12H2,1H3. The van der Waals surface area contributed by atoms with Crippen molar-refractivity contribution in [1.82, 2.24) is 0 Å². The Morgan fingerprint density at radius 2 is 1.47 bits per heavy atom. The van der Waals surface area contributed by atoms with Gasteiger partial charge >= 0.3 is 11.9 Å². The van der Waals surface area contributed by atoms with Crippen molar-refractivity contribution in [3.8, 4) is 0 Å². The Labute approximate surface area is 115 Å². The zero-order valence-electron chi connectivity index (χ0n) is 12.0. The van der Waals surface area contributed by atoms with Gasteiger partial charge in [-0.15, -0.1) is 0 Å². The van der Waals surface area contributed by atoms with Crippen molar-refractivity contribution >= 4 is 11.9 Å². The van der Waals surface area contributed by atoms with E-state index in [0.717, 1.165) is 38.5 Å². The van der Waals surface area contributed by atoms with Gasteiger partial charge in [0.2, 0.25) is 0 Å². The maximum absolute atomic E-state index is 11.5. The zero-order chi connectivity index (χ0) is 13.9. The molecule has 0 bridgehead atoms. The summed E-state index contributed by atoms with van der Waals surface area (Å²) in [5.41, 5.74) is 0. The first kappa shape index (κ1) is 16.0. The summed E-state index contributed by atoms with van der Waals surface area (Å²) in [6.45, 7) is 2.50. The number of hydrogen-bond donors (Lipinski definition) is 0. The van der Waals surface area contributed by atoms with Gasteiger partial charge in [-0.2, -0.15) is 0 Å². The van der Waals surface area contributed by atoms with Crippen molar-refractivity contribution < 1.29 is 19.1 Å². The SMILES string of the molecule is CC1CCCCCCCOC(=O)CCCCC(=O)O1. The molecule has 1 fully saturated rings. The van der Waals surface area contributed by atoms with Crippen LogP contribution in [0.2, 0.25) is 0 Å². The van der Waals surface area contributed by atoms with Crippen LogP contribution < -0.4 is 0 Å². The van der Waals surface area contributed by atoms with Crippen LogP contribution in [-0.4, -0.2) is 24.6 Å². The van der Waals surface area contributed by atoms with E-state index in [4.69, 9.17) is 9.47 Å². The minimum atomic E-state index is -0.145. The summed E-state index contributed by atoms with van der Waals surface area (Å²) in [6, 6.07) is 0. The average molecular weight is 270 g/mol. The Morgan fingerprint density at radius 1 is 0.842 bits per heavy atom.